The van der Waals surface area contributed by atoms with Crippen LogP contribution in [0.3, 0.4) is 0 Å². The Morgan fingerprint density at radius 2 is 2.28 bits per heavy atom. The zero-order chi connectivity index (χ0) is 17.8. The number of aromatic nitrogens is 4. The summed E-state index contributed by atoms with van der Waals surface area (Å²) in [5.41, 5.74) is 0.571. The van der Waals surface area contributed by atoms with Gasteiger partial charge in [-0.2, -0.15) is 0 Å². The van der Waals surface area contributed by atoms with Gasteiger partial charge < -0.3 is 15.0 Å². The topological polar surface area (TPSA) is 96.7 Å². The number of carbonyl (C=O) groups is 1. The number of amides is 1. The molecule has 1 aliphatic heterocycles. The second kappa shape index (κ2) is 7.64. The smallest absolute Gasteiger partial charge is 0.414 e. The van der Waals surface area contributed by atoms with Crippen molar-refractivity contribution in [3.8, 4) is 0 Å². The molecule has 136 valence electrons. The quantitative estimate of drug-likeness (QED) is 0.824. The van der Waals surface area contributed by atoms with Gasteiger partial charge in [-0.05, 0) is 46.7 Å². The van der Waals surface area contributed by atoms with Crippen LogP contribution in [0, 0.1) is 0 Å². The summed E-state index contributed by atoms with van der Waals surface area (Å²) in [6.07, 6.45) is 6.16. The summed E-state index contributed by atoms with van der Waals surface area (Å²) in [6.45, 7) is 5.56. The minimum Gasteiger partial charge on any atom is -0.447 e. The highest BCUT2D eigenvalue weighted by Gasteiger charge is 2.20. The van der Waals surface area contributed by atoms with Crippen molar-refractivity contribution in [3.63, 3.8) is 0 Å². The highest BCUT2D eigenvalue weighted by molar-refractivity contribution is 5.83. The van der Waals surface area contributed by atoms with E-state index in [1.165, 1.54) is 19.4 Å². The summed E-state index contributed by atoms with van der Waals surface area (Å²) in [7, 11) is 2.17. The molecule has 25 heavy (non-hydrogen) atoms. The monoisotopic (exact) mass is 347 g/mol. The van der Waals surface area contributed by atoms with Gasteiger partial charge >= 0.3 is 6.09 Å². The minimum atomic E-state index is -0.556. The summed E-state index contributed by atoms with van der Waals surface area (Å²) >= 11 is 0. The molecule has 0 aliphatic carbocycles. The van der Waals surface area contributed by atoms with Gasteiger partial charge in [0.1, 0.15) is 0 Å². The summed E-state index contributed by atoms with van der Waals surface area (Å²) in [4.78, 5) is 18.5. The van der Waals surface area contributed by atoms with Gasteiger partial charge in [0, 0.05) is 25.0 Å². The fourth-order valence-corrected chi connectivity index (χ4v) is 3.07. The lowest BCUT2D eigenvalue weighted by Gasteiger charge is -2.19. The van der Waals surface area contributed by atoms with Crippen LogP contribution >= 0.6 is 0 Å². The summed E-state index contributed by atoms with van der Waals surface area (Å²) in [5.74, 6) is 0.961. The second-order valence-electron chi connectivity index (χ2n) is 6.56. The van der Waals surface area contributed by atoms with Crippen molar-refractivity contribution in [1.29, 1.82) is 0 Å². The maximum Gasteiger partial charge on any atom is 0.414 e. The predicted molar refractivity (Wildman–Crippen MR) is 94.8 cm³/mol. The molecule has 2 aromatic rings. The number of fused-ring (bicyclic) bond motifs is 1. The molecule has 0 aromatic carbocycles. The first-order chi connectivity index (χ1) is 12.0. The van der Waals surface area contributed by atoms with Gasteiger partial charge in [-0.3, -0.25) is 9.72 Å². The summed E-state index contributed by atoms with van der Waals surface area (Å²) < 4.78 is 6.75. The molecule has 1 unspecified atom stereocenters. The molecule has 9 nitrogen and oxygen atoms in total. The van der Waals surface area contributed by atoms with Crippen LogP contribution < -0.4 is 10.6 Å². The largest absolute Gasteiger partial charge is 0.447 e. The highest BCUT2D eigenvalue weighted by atomic mass is 16.6. The molecule has 2 aromatic heterocycles. The lowest BCUT2D eigenvalue weighted by molar-refractivity contribution is 0.129. The first-order valence-corrected chi connectivity index (χ1v) is 8.66. The van der Waals surface area contributed by atoms with Crippen LogP contribution in [0.1, 0.15) is 33.1 Å². The molecule has 1 amide bonds. The van der Waals surface area contributed by atoms with Crippen molar-refractivity contribution in [2.24, 2.45) is 0 Å². The Balaban J connectivity index is 1.65. The van der Waals surface area contributed by atoms with Crippen LogP contribution in [-0.4, -0.2) is 62.9 Å². The van der Waals surface area contributed by atoms with Crippen molar-refractivity contribution in [2.45, 2.75) is 45.3 Å². The molecule has 0 radical (unpaired) electrons. The Labute approximate surface area is 146 Å². The van der Waals surface area contributed by atoms with Crippen molar-refractivity contribution < 1.29 is 9.53 Å². The molecule has 1 aliphatic rings. The van der Waals surface area contributed by atoms with E-state index in [0.717, 1.165) is 13.0 Å². The van der Waals surface area contributed by atoms with E-state index in [1.807, 2.05) is 0 Å². The average molecular weight is 347 g/mol. The third kappa shape index (κ3) is 4.16. The van der Waals surface area contributed by atoms with Crippen LogP contribution in [0.25, 0.3) is 5.65 Å². The maximum absolute atomic E-state index is 11.7. The number of nitrogens with zero attached hydrogens (tertiary/aromatic N) is 5. The SMILES string of the molecule is CC(C)OC(=O)Nc1nnc2c(NCCC3CCCN3C)nccn12. The number of hydrogen-bond acceptors (Lipinski definition) is 7. The van der Waals surface area contributed by atoms with Gasteiger partial charge in [0.2, 0.25) is 11.6 Å². The van der Waals surface area contributed by atoms with E-state index >= 15 is 0 Å². The van der Waals surface area contributed by atoms with Crippen molar-refractivity contribution in [1.82, 2.24) is 24.5 Å². The third-order valence-electron chi connectivity index (χ3n) is 4.33. The maximum atomic E-state index is 11.7. The molecule has 0 saturated carbocycles. The third-order valence-corrected chi connectivity index (χ3v) is 4.33. The number of nitrogens with one attached hydrogen (secondary N) is 2. The van der Waals surface area contributed by atoms with Gasteiger partial charge in [0.15, 0.2) is 5.82 Å². The Bertz CT molecular complexity index is 730. The lowest BCUT2D eigenvalue weighted by Crippen LogP contribution is -2.27. The minimum absolute atomic E-state index is 0.202. The number of likely N-dealkylation sites (tertiary alicyclic amines) is 1. The summed E-state index contributed by atoms with van der Waals surface area (Å²) in [6, 6.07) is 0.619. The molecular weight excluding hydrogens is 322 g/mol. The Morgan fingerprint density at radius 1 is 1.44 bits per heavy atom. The van der Waals surface area contributed by atoms with E-state index in [1.54, 1.807) is 30.6 Å². The van der Waals surface area contributed by atoms with Gasteiger partial charge in [-0.25, -0.2) is 9.78 Å². The Morgan fingerprint density at radius 3 is 3.00 bits per heavy atom. The molecule has 1 saturated heterocycles. The summed E-state index contributed by atoms with van der Waals surface area (Å²) in [5, 5.41) is 14.1. The normalized spacial score (nSPS) is 18.0. The molecule has 2 N–H and O–H groups in total. The molecular formula is C16H25N7O2. The van der Waals surface area contributed by atoms with Gasteiger partial charge in [-0.1, -0.05) is 0 Å². The number of anilines is 2. The van der Waals surface area contributed by atoms with E-state index in [0.29, 0.717) is 23.5 Å². The highest BCUT2D eigenvalue weighted by Crippen LogP contribution is 2.19. The van der Waals surface area contributed by atoms with Crippen LogP contribution in [0.15, 0.2) is 12.4 Å². The number of rotatable bonds is 6. The van der Waals surface area contributed by atoms with Crippen LogP contribution in [0.5, 0.6) is 0 Å². The number of ether oxygens (including phenoxy) is 1. The molecule has 1 atom stereocenters. The zero-order valence-corrected chi connectivity index (χ0v) is 14.9. The van der Waals surface area contributed by atoms with Crippen LogP contribution in [-0.2, 0) is 4.74 Å². The molecule has 0 bridgehead atoms. The molecule has 0 spiro atoms. The Kier molecular flexibility index (Phi) is 5.32. The van der Waals surface area contributed by atoms with Crippen molar-refractivity contribution in [3.05, 3.63) is 12.4 Å². The van der Waals surface area contributed by atoms with Gasteiger partial charge in [0.25, 0.3) is 0 Å². The van der Waals surface area contributed by atoms with Crippen molar-refractivity contribution >= 4 is 23.5 Å². The van der Waals surface area contributed by atoms with E-state index in [-0.39, 0.29) is 6.10 Å². The zero-order valence-electron chi connectivity index (χ0n) is 14.9. The lowest BCUT2D eigenvalue weighted by atomic mass is 10.1. The predicted octanol–water partition coefficient (Wildman–Crippen LogP) is 1.98. The van der Waals surface area contributed by atoms with Crippen molar-refractivity contribution in [2.75, 3.05) is 30.8 Å². The first kappa shape index (κ1) is 17.4. The Hall–Kier alpha value is -2.42. The van der Waals surface area contributed by atoms with Crippen LogP contribution in [0.2, 0.25) is 0 Å². The van der Waals surface area contributed by atoms with E-state index in [9.17, 15) is 4.79 Å². The molecule has 3 rings (SSSR count). The fraction of sp³-hybridized carbons (Fsp3) is 0.625. The first-order valence-electron chi connectivity index (χ1n) is 8.66. The fourth-order valence-electron chi connectivity index (χ4n) is 3.07. The number of carbonyl (C=O) groups excluding carboxylic acids is 1. The van der Waals surface area contributed by atoms with E-state index < -0.39 is 6.09 Å². The van der Waals surface area contributed by atoms with Gasteiger partial charge in [-0.15, -0.1) is 10.2 Å². The molecule has 1 fully saturated rings. The van der Waals surface area contributed by atoms with E-state index in [4.69, 9.17) is 4.74 Å². The molecule has 9 heteroatoms. The average Bonchev–Trinajstić information content (AvgIpc) is 3.14. The van der Waals surface area contributed by atoms with Crippen LogP contribution in [0.4, 0.5) is 16.6 Å². The van der Waals surface area contributed by atoms with Gasteiger partial charge in [0.05, 0.1) is 6.10 Å². The standard InChI is InChI=1S/C16H25N7O2/c1-11(2)25-16(24)19-15-21-20-14-13(18-8-10-23(14)15)17-7-6-12-5-4-9-22(12)3/h8,10-12H,4-7,9H2,1-3H3,(H,17,18)(H,19,21,24). The second-order valence-corrected chi connectivity index (χ2v) is 6.56. The van der Waals surface area contributed by atoms with E-state index in [2.05, 4.69) is 37.8 Å². The molecule has 3 heterocycles. The number of hydrogen-bond donors (Lipinski definition) is 2.